The first-order chi connectivity index (χ1) is 7.33. The Morgan fingerprint density at radius 2 is 2.25 bits per heavy atom. The van der Waals surface area contributed by atoms with Crippen molar-refractivity contribution in [1.82, 2.24) is 4.98 Å². The molecule has 0 unspecified atom stereocenters. The Hall–Kier alpha value is -0.980. The average Bonchev–Trinajstić information content (AvgIpc) is 2.61. The van der Waals surface area contributed by atoms with Gasteiger partial charge in [-0.1, -0.05) is 11.3 Å². The lowest BCUT2D eigenvalue weighted by atomic mass is 10.2. The fourth-order valence-corrected chi connectivity index (χ4v) is 1.68. The van der Waals surface area contributed by atoms with E-state index in [-0.39, 0.29) is 10.0 Å². The van der Waals surface area contributed by atoms with Gasteiger partial charge in [-0.05, 0) is 32.4 Å². The van der Waals surface area contributed by atoms with Gasteiger partial charge < -0.3 is 0 Å². The van der Waals surface area contributed by atoms with Gasteiger partial charge in [0.25, 0.3) is 5.24 Å². The molecule has 1 aromatic rings. The van der Waals surface area contributed by atoms with Gasteiger partial charge in [0.05, 0.1) is 11.8 Å². The number of carbonyl (C=O) groups is 2. The van der Waals surface area contributed by atoms with Crippen LogP contribution in [0.2, 0.25) is 0 Å². The average molecular weight is 263 g/mol. The second-order valence-electron chi connectivity index (χ2n) is 3.92. The first-order valence-electron chi connectivity index (χ1n) is 4.43. The zero-order valence-electron chi connectivity index (χ0n) is 9.06. The van der Waals surface area contributed by atoms with E-state index in [1.807, 2.05) is 0 Å². The zero-order chi connectivity index (χ0) is 12.3. The molecular formula is C9H11ClN2O3S. The Labute approximate surface area is 102 Å². The molecule has 0 saturated heterocycles. The first-order valence-corrected chi connectivity index (χ1v) is 5.62. The Bertz CT molecular complexity index is 400. The van der Waals surface area contributed by atoms with Crippen molar-refractivity contribution in [1.29, 1.82) is 0 Å². The zero-order valence-corrected chi connectivity index (χ0v) is 10.6. The maximum atomic E-state index is 10.8. The number of halogens is 1. The van der Waals surface area contributed by atoms with Gasteiger partial charge in [-0.25, -0.2) is 4.98 Å². The molecule has 0 aromatic carbocycles. The van der Waals surface area contributed by atoms with Gasteiger partial charge in [0.1, 0.15) is 4.88 Å². The van der Waals surface area contributed by atoms with Crippen molar-refractivity contribution in [2.24, 2.45) is 0 Å². The molecule has 0 spiro atoms. The third-order valence-electron chi connectivity index (χ3n) is 1.34. The number of nitrogens with zero attached hydrogens (tertiary/aromatic N) is 2. The number of carbonyl (C=O) groups excluding carboxylic acids is 2. The maximum absolute atomic E-state index is 10.8. The third-order valence-corrected chi connectivity index (χ3v) is 2.64. The number of amides is 1. The van der Waals surface area contributed by atoms with E-state index < -0.39 is 10.8 Å². The first kappa shape index (κ1) is 13.1. The molecule has 0 atom stereocenters. The SMILES string of the molecule is CC(C)(C)ON(C=O)c1ncc(C(=O)Cl)s1. The molecule has 0 fully saturated rings. The molecule has 0 radical (unpaired) electrons. The Kier molecular flexibility index (Phi) is 4.01. The highest BCUT2D eigenvalue weighted by molar-refractivity contribution is 7.19. The van der Waals surface area contributed by atoms with E-state index in [0.29, 0.717) is 6.41 Å². The van der Waals surface area contributed by atoms with Gasteiger partial charge in [-0.15, -0.1) is 0 Å². The summed E-state index contributed by atoms with van der Waals surface area (Å²) in [4.78, 5) is 31.1. The fraction of sp³-hybridized carbons (Fsp3) is 0.444. The van der Waals surface area contributed by atoms with Gasteiger partial charge in [-0.3, -0.25) is 14.4 Å². The molecule has 0 aliphatic carbocycles. The summed E-state index contributed by atoms with van der Waals surface area (Å²) in [5.74, 6) is 0. The van der Waals surface area contributed by atoms with Crippen molar-refractivity contribution in [2.45, 2.75) is 26.4 Å². The highest BCUT2D eigenvalue weighted by atomic mass is 35.5. The molecule has 1 amide bonds. The van der Waals surface area contributed by atoms with Gasteiger partial charge >= 0.3 is 0 Å². The lowest BCUT2D eigenvalue weighted by Gasteiger charge is -2.24. The molecule has 0 bridgehead atoms. The van der Waals surface area contributed by atoms with E-state index in [2.05, 4.69) is 4.98 Å². The summed E-state index contributed by atoms with van der Waals surface area (Å²) >= 11 is 6.27. The highest BCUT2D eigenvalue weighted by Crippen LogP contribution is 2.25. The summed E-state index contributed by atoms with van der Waals surface area (Å²) in [6.07, 6.45) is 1.80. The van der Waals surface area contributed by atoms with Crippen LogP contribution in [0.4, 0.5) is 5.13 Å². The van der Waals surface area contributed by atoms with E-state index in [0.717, 1.165) is 16.4 Å². The van der Waals surface area contributed by atoms with Crippen LogP contribution in [0.1, 0.15) is 30.4 Å². The maximum Gasteiger partial charge on any atom is 0.264 e. The Balaban J connectivity index is 2.87. The van der Waals surface area contributed by atoms with Crippen molar-refractivity contribution in [3.63, 3.8) is 0 Å². The van der Waals surface area contributed by atoms with E-state index in [1.54, 1.807) is 20.8 Å². The van der Waals surface area contributed by atoms with Crippen LogP contribution in [0, 0.1) is 0 Å². The quantitative estimate of drug-likeness (QED) is 0.474. The van der Waals surface area contributed by atoms with Gasteiger partial charge in [0.15, 0.2) is 0 Å². The Morgan fingerprint density at radius 1 is 1.62 bits per heavy atom. The van der Waals surface area contributed by atoms with Crippen LogP contribution >= 0.6 is 22.9 Å². The molecule has 7 heteroatoms. The van der Waals surface area contributed by atoms with E-state index in [9.17, 15) is 9.59 Å². The number of hydrogen-bond donors (Lipinski definition) is 0. The van der Waals surface area contributed by atoms with Crippen molar-refractivity contribution >= 4 is 39.7 Å². The Morgan fingerprint density at radius 3 is 2.62 bits per heavy atom. The summed E-state index contributed by atoms with van der Waals surface area (Å²) in [6, 6.07) is 0. The highest BCUT2D eigenvalue weighted by Gasteiger charge is 2.20. The topological polar surface area (TPSA) is 59.5 Å². The van der Waals surface area contributed by atoms with E-state index in [4.69, 9.17) is 16.4 Å². The summed E-state index contributed by atoms with van der Waals surface area (Å²) in [6.45, 7) is 5.39. The molecule has 0 N–H and O–H groups in total. The van der Waals surface area contributed by atoms with Crippen LogP contribution in [0.3, 0.4) is 0 Å². The number of thiazole rings is 1. The summed E-state index contributed by atoms with van der Waals surface area (Å²) < 4.78 is 0. The number of aromatic nitrogens is 1. The monoisotopic (exact) mass is 262 g/mol. The molecule has 0 aliphatic heterocycles. The number of hydroxylamine groups is 1. The lowest BCUT2D eigenvalue weighted by Crippen LogP contribution is -2.32. The molecule has 5 nitrogen and oxygen atoms in total. The molecule has 0 aliphatic rings. The number of anilines is 1. The van der Waals surface area contributed by atoms with Crippen LogP contribution in [-0.4, -0.2) is 22.2 Å². The summed E-state index contributed by atoms with van der Waals surface area (Å²) in [7, 11) is 0. The summed E-state index contributed by atoms with van der Waals surface area (Å²) in [5.41, 5.74) is -0.530. The molecule has 1 aromatic heterocycles. The van der Waals surface area contributed by atoms with E-state index in [1.165, 1.54) is 6.20 Å². The predicted molar refractivity (Wildman–Crippen MR) is 61.7 cm³/mol. The normalized spacial score (nSPS) is 11.2. The van der Waals surface area contributed by atoms with Gasteiger partial charge in [-0.2, -0.15) is 5.06 Å². The van der Waals surface area contributed by atoms with Crippen LogP contribution < -0.4 is 5.06 Å². The van der Waals surface area contributed by atoms with E-state index >= 15 is 0 Å². The van der Waals surface area contributed by atoms with Crippen LogP contribution in [0.5, 0.6) is 0 Å². The largest absolute Gasteiger partial charge is 0.276 e. The summed E-state index contributed by atoms with van der Waals surface area (Å²) in [5, 5.41) is 0.646. The minimum atomic E-state index is -0.606. The van der Waals surface area contributed by atoms with Crippen molar-refractivity contribution in [2.75, 3.05) is 5.06 Å². The van der Waals surface area contributed by atoms with Crippen LogP contribution in [-0.2, 0) is 9.63 Å². The van der Waals surface area contributed by atoms with Crippen molar-refractivity contribution in [3.8, 4) is 0 Å². The fourth-order valence-electron chi connectivity index (χ4n) is 0.858. The van der Waals surface area contributed by atoms with Gasteiger partial charge in [0, 0.05) is 0 Å². The smallest absolute Gasteiger partial charge is 0.264 e. The number of hydrogen-bond acceptors (Lipinski definition) is 5. The molecule has 1 rings (SSSR count). The number of rotatable bonds is 4. The van der Waals surface area contributed by atoms with Crippen molar-refractivity contribution < 1.29 is 14.4 Å². The molecule has 16 heavy (non-hydrogen) atoms. The molecule has 0 saturated carbocycles. The second-order valence-corrected chi connectivity index (χ2v) is 5.27. The standard InChI is InChI=1S/C9H11ClN2O3S/c1-9(2,3)15-12(5-13)8-11-4-6(16-8)7(10)14/h4-5H,1-3H3. The minimum Gasteiger partial charge on any atom is -0.276 e. The van der Waals surface area contributed by atoms with Crippen molar-refractivity contribution in [3.05, 3.63) is 11.1 Å². The minimum absolute atomic E-state index is 0.265. The predicted octanol–water partition coefficient (Wildman–Crippen LogP) is 2.21. The van der Waals surface area contributed by atoms with Crippen LogP contribution in [0.15, 0.2) is 6.20 Å². The van der Waals surface area contributed by atoms with Gasteiger partial charge in [0.2, 0.25) is 11.5 Å². The second kappa shape index (κ2) is 4.90. The third kappa shape index (κ3) is 3.55. The van der Waals surface area contributed by atoms with Crippen LogP contribution in [0.25, 0.3) is 0 Å². The molecule has 88 valence electrons. The molecular weight excluding hydrogens is 252 g/mol. The molecule has 1 heterocycles. The lowest BCUT2D eigenvalue weighted by molar-refractivity contribution is -0.120.